The quantitative estimate of drug-likeness (QED) is 0.864. The fourth-order valence-electron chi connectivity index (χ4n) is 3.61. The highest BCUT2D eigenvalue weighted by atomic mass is 32.2. The van der Waals surface area contributed by atoms with Crippen LogP contribution in [0.15, 0.2) is 4.99 Å². The molecule has 1 spiro atoms. The lowest BCUT2D eigenvalue weighted by molar-refractivity contribution is 0.0394. The number of amidine groups is 1. The Morgan fingerprint density at radius 2 is 2.30 bits per heavy atom. The van der Waals surface area contributed by atoms with Gasteiger partial charge in [-0.1, -0.05) is 31.5 Å². The molecule has 0 amide bonds. The zero-order valence-corrected chi connectivity index (χ0v) is 13.4. The molecule has 0 aromatic heterocycles. The van der Waals surface area contributed by atoms with Gasteiger partial charge in [0.15, 0.2) is 5.17 Å². The average molecular weight is 297 g/mol. The number of morpholine rings is 1. The van der Waals surface area contributed by atoms with Crippen LogP contribution < -0.4 is 5.32 Å². The maximum Gasteiger partial charge on any atom is 0.157 e. The van der Waals surface area contributed by atoms with Crippen LogP contribution in [-0.2, 0) is 4.74 Å². The molecule has 3 rings (SSSR count). The van der Waals surface area contributed by atoms with E-state index in [1.165, 1.54) is 36.6 Å². The van der Waals surface area contributed by atoms with Crippen molar-refractivity contribution in [3.63, 3.8) is 0 Å². The first-order valence-electron chi connectivity index (χ1n) is 8.01. The predicted molar refractivity (Wildman–Crippen MR) is 85.5 cm³/mol. The van der Waals surface area contributed by atoms with Crippen LogP contribution in [0.25, 0.3) is 0 Å². The lowest BCUT2D eigenvalue weighted by Gasteiger charge is -2.36. The van der Waals surface area contributed by atoms with Gasteiger partial charge in [-0.25, -0.2) is 0 Å². The van der Waals surface area contributed by atoms with Crippen molar-refractivity contribution in [3.05, 3.63) is 0 Å². The van der Waals surface area contributed by atoms with Gasteiger partial charge in [0.2, 0.25) is 0 Å². The van der Waals surface area contributed by atoms with Gasteiger partial charge in [-0.05, 0) is 18.8 Å². The summed E-state index contributed by atoms with van der Waals surface area (Å²) in [6.07, 6.45) is 5.42. The first-order valence-corrected chi connectivity index (χ1v) is 9.00. The van der Waals surface area contributed by atoms with Crippen molar-refractivity contribution in [2.24, 2.45) is 10.9 Å². The van der Waals surface area contributed by atoms with E-state index in [1.807, 2.05) is 11.8 Å². The third kappa shape index (κ3) is 3.68. The van der Waals surface area contributed by atoms with Crippen LogP contribution in [-0.4, -0.2) is 60.8 Å². The van der Waals surface area contributed by atoms with Crippen molar-refractivity contribution >= 4 is 16.9 Å². The zero-order chi connectivity index (χ0) is 13.8. The fraction of sp³-hybridized carbons (Fsp3) is 0.933. The van der Waals surface area contributed by atoms with Crippen LogP contribution in [0.3, 0.4) is 0 Å². The van der Waals surface area contributed by atoms with Crippen LogP contribution in [0.2, 0.25) is 0 Å². The largest absolute Gasteiger partial charge is 0.379 e. The van der Waals surface area contributed by atoms with Gasteiger partial charge in [-0.3, -0.25) is 9.89 Å². The van der Waals surface area contributed by atoms with Gasteiger partial charge in [0.05, 0.1) is 19.8 Å². The Hall–Kier alpha value is -0.260. The summed E-state index contributed by atoms with van der Waals surface area (Å²) in [4.78, 5) is 7.23. The van der Waals surface area contributed by atoms with E-state index < -0.39 is 0 Å². The molecule has 1 N–H and O–H groups in total. The normalized spacial score (nSPS) is 37.5. The standard InChI is InChI=1S/C15H27N3OS/c1-13-3-2-4-15(11-13)12-20-14(17-15)16-5-6-18-7-9-19-10-8-18/h13H,2-12H2,1H3,(H,16,17). The maximum atomic E-state index is 5.37. The van der Waals surface area contributed by atoms with Gasteiger partial charge in [0.1, 0.15) is 0 Å². The molecular formula is C15H27N3OS. The molecular weight excluding hydrogens is 270 g/mol. The van der Waals surface area contributed by atoms with Crippen molar-refractivity contribution in [1.82, 2.24) is 10.2 Å². The molecule has 2 unspecified atom stereocenters. The number of thioether (sulfide) groups is 1. The molecule has 0 aromatic carbocycles. The van der Waals surface area contributed by atoms with Crippen molar-refractivity contribution in [3.8, 4) is 0 Å². The van der Waals surface area contributed by atoms with Gasteiger partial charge in [-0.15, -0.1) is 0 Å². The summed E-state index contributed by atoms with van der Waals surface area (Å²) < 4.78 is 5.37. The molecule has 1 saturated carbocycles. The molecule has 5 heteroatoms. The smallest absolute Gasteiger partial charge is 0.157 e. The maximum absolute atomic E-state index is 5.37. The number of ether oxygens (including phenoxy) is 1. The second kappa shape index (κ2) is 6.67. The number of nitrogens with zero attached hydrogens (tertiary/aromatic N) is 2. The summed E-state index contributed by atoms with van der Waals surface area (Å²) in [5, 5.41) is 4.93. The first-order chi connectivity index (χ1) is 9.76. The summed E-state index contributed by atoms with van der Waals surface area (Å²) in [6, 6.07) is 0. The van der Waals surface area contributed by atoms with Crippen LogP contribution >= 0.6 is 11.8 Å². The minimum atomic E-state index is 0.361. The number of hydrogen-bond donors (Lipinski definition) is 1. The number of hydrogen-bond acceptors (Lipinski definition) is 4. The van der Waals surface area contributed by atoms with E-state index in [-0.39, 0.29) is 0 Å². The molecule has 4 nitrogen and oxygen atoms in total. The van der Waals surface area contributed by atoms with Crippen molar-refractivity contribution < 1.29 is 4.74 Å². The predicted octanol–water partition coefficient (Wildman–Crippen LogP) is 1.96. The van der Waals surface area contributed by atoms with Gasteiger partial charge in [-0.2, -0.15) is 0 Å². The van der Waals surface area contributed by atoms with Crippen molar-refractivity contribution in [2.75, 3.05) is 45.1 Å². The fourth-order valence-corrected chi connectivity index (χ4v) is 4.83. The minimum absolute atomic E-state index is 0.361. The number of rotatable bonds is 3. The molecule has 0 aromatic rings. The first kappa shape index (κ1) is 14.7. The van der Waals surface area contributed by atoms with Gasteiger partial charge in [0.25, 0.3) is 0 Å². The summed E-state index contributed by atoms with van der Waals surface area (Å²) >= 11 is 1.93. The van der Waals surface area contributed by atoms with Crippen LogP contribution in [0.1, 0.15) is 32.6 Å². The van der Waals surface area contributed by atoms with E-state index in [4.69, 9.17) is 9.73 Å². The molecule has 0 bridgehead atoms. The molecule has 1 aliphatic carbocycles. The van der Waals surface area contributed by atoms with E-state index in [1.54, 1.807) is 0 Å². The van der Waals surface area contributed by atoms with Crippen LogP contribution in [0.5, 0.6) is 0 Å². The Bertz CT molecular complexity index is 357. The Morgan fingerprint density at radius 3 is 3.10 bits per heavy atom. The topological polar surface area (TPSA) is 36.9 Å². The van der Waals surface area contributed by atoms with Crippen LogP contribution in [0, 0.1) is 5.92 Å². The van der Waals surface area contributed by atoms with Crippen molar-refractivity contribution in [2.45, 2.75) is 38.1 Å². The van der Waals surface area contributed by atoms with Crippen LogP contribution in [0.4, 0.5) is 0 Å². The molecule has 2 aliphatic heterocycles. The minimum Gasteiger partial charge on any atom is -0.379 e. The summed E-state index contributed by atoms with van der Waals surface area (Å²) in [5.41, 5.74) is 0.361. The third-order valence-corrected chi connectivity index (χ3v) is 5.93. The van der Waals surface area contributed by atoms with E-state index in [2.05, 4.69) is 17.1 Å². The molecule has 20 heavy (non-hydrogen) atoms. The molecule has 2 saturated heterocycles. The van der Waals surface area contributed by atoms with E-state index in [0.29, 0.717) is 5.54 Å². The van der Waals surface area contributed by atoms with Crippen molar-refractivity contribution in [1.29, 1.82) is 0 Å². The monoisotopic (exact) mass is 297 g/mol. The van der Waals surface area contributed by atoms with E-state index >= 15 is 0 Å². The number of aliphatic imine (C=N–C) groups is 1. The SMILES string of the molecule is CC1CCCC2(CSC(=NCCN3CCOCC3)N2)C1. The highest BCUT2D eigenvalue weighted by Gasteiger charge is 2.40. The molecule has 2 heterocycles. The Balaban J connectivity index is 1.45. The lowest BCUT2D eigenvalue weighted by Crippen LogP contribution is -2.47. The lowest BCUT2D eigenvalue weighted by atomic mass is 9.78. The molecule has 2 atom stereocenters. The molecule has 3 aliphatic rings. The summed E-state index contributed by atoms with van der Waals surface area (Å²) in [7, 11) is 0. The Kier molecular flexibility index (Phi) is 4.89. The average Bonchev–Trinajstić information content (AvgIpc) is 2.82. The van der Waals surface area contributed by atoms with Gasteiger partial charge in [0, 0.05) is 30.9 Å². The van der Waals surface area contributed by atoms with E-state index in [0.717, 1.165) is 45.3 Å². The number of nitrogens with one attached hydrogen (secondary N) is 1. The summed E-state index contributed by atoms with van der Waals surface area (Å²) in [6.45, 7) is 8.26. The third-order valence-electron chi connectivity index (χ3n) is 4.72. The molecule has 3 fully saturated rings. The Labute approximate surface area is 126 Å². The second-order valence-electron chi connectivity index (χ2n) is 6.54. The second-order valence-corrected chi connectivity index (χ2v) is 7.50. The summed E-state index contributed by atoms with van der Waals surface area (Å²) in [5.74, 6) is 2.08. The zero-order valence-electron chi connectivity index (χ0n) is 12.6. The molecule has 0 radical (unpaired) electrons. The Morgan fingerprint density at radius 1 is 1.45 bits per heavy atom. The highest BCUT2D eigenvalue weighted by Crippen LogP contribution is 2.38. The van der Waals surface area contributed by atoms with Gasteiger partial charge < -0.3 is 10.1 Å². The highest BCUT2D eigenvalue weighted by molar-refractivity contribution is 8.14. The van der Waals surface area contributed by atoms with E-state index in [9.17, 15) is 0 Å². The molecule has 114 valence electrons. The van der Waals surface area contributed by atoms with Gasteiger partial charge >= 0.3 is 0 Å².